The second-order valence-corrected chi connectivity index (χ2v) is 8.31. The molecule has 8 heteroatoms. The van der Waals surface area contributed by atoms with E-state index in [2.05, 4.69) is 10.3 Å². The van der Waals surface area contributed by atoms with E-state index >= 15 is 0 Å². The van der Waals surface area contributed by atoms with Crippen LogP contribution in [0.4, 0.5) is 4.39 Å². The van der Waals surface area contributed by atoms with E-state index in [4.69, 9.17) is 0 Å². The minimum absolute atomic E-state index is 0.0567. The number of amides is 1. The maximum absolute atomic E-state index is 13.3. The molecule has 1 atom stereocenters. The van der Waals surface area contributed by atoms with Crippen molar-refractivity contribution in [2.75, 3.05) is 6.54 Å². The molecule has 0 spiro atoms. The summed E-state index contributed by atoms with van der Waals surface area (Å²) in [4.78, 5) is 31.3. The molecule has 2 N–H and O–H groups in total. The molecular weight excluding hydrogens is 393 g/mol. The van der Waals surface area contributed by atoms with E-state index in [0.717, 1.165) is 31.5 Å². The van der Waals surface area contributed by atoms with Crippen LogP contribution in [0.25, 0.3) is 10.2 Å². The quantitative estimate of drug-likeness (QED) is 0.686. The average Bonchev–Trinajstić information content (AvgIpc) is 2.88. The normalized spacial score (nSPS) is 15.0. The molecule has 6 nitrogen and oxygen atoms in total. The Morgan fingerprint density at radius 2 is 2.21 bits per heavy atom. The van der Waals surface area contributed by atoms with E-state index in [1.165, 1.54) is 29.5 Å². The highest BCUT2D eigenvalue weighted by Crippen LogP contribution is 2.28. The van der Waals surface area contributed by atoms with Crippen LogP contribution in [0.15, 0.2) is 29.1 Å². The Bertz CT molecular complexity index is 1140. The van der Waals surface area contributed by atoms with Crippen LogP contribution in [0.5, 0.6) is 0 Å². The van der Waals surface area contributed by atoms with Crippen LogP contribution in [-0.2, 0) is 13.0 Å². The minimum atomic E-state index is -1.02. The van der Waals surface area contributed by atoms with Crippen LogP contribution >= 0.6 is 11.3 Å². The van der Waals surface area contributed by atoms with Crippen molar-refractivity contribution in [3.8, 4) is 0 Å². The summed E-state index contributed by atoms with van der Waals surface area (Å²) in [5.41, 5.74) is 0.918. The van der Waals surface area contributed by atoms with Gasteiger partial charge in [-0.25, -0.2) is 9.37 Å². The molecule has 1 unspecified atom stereocenters. The van der Waals surface area contributed by atoms with Crippen molar-refractivity contribution in [3.63, 3.8) is 0 Å². The number of hydrogen-bond donors (Lipinski definition) is 2. The van der Waals surface area contributed by atoms with Gasteiger partial charge in [0.05, 0.1) is 16.4 Å². The minimum Gasteiger partial charge on any atom is -0.387 e. The number of nitrogens with one attached hydrogen (secondary N) is 1. The number of carbonyl (C=O) groups is 1. The summed E-state index contributed by atoms with van der Waals surface area (Å²) in [5, 5.41) is 13.4. The van der Waals surface area contributed by atoms with Gasteiger partial charge in [-0.1, -0.05) is 18.6 Å². The van der Waals surface area contributed by atoms with Crippen molar-refractivity contribution in [2.24, 2.45) is 0 Å². The number of benzene rings is 1. The summed E-state index contributed by atoms with van der Waals surface area (Å²) < 4.78 is 15.1. The summed E-state index contributed by atoms with van der Waals surface area (Å²) in [6, 6.07) is 5.64. The Hall–Kier alpha value is -2.58. The Balaban J connectivity index is 1.59. The lowest BCUT2D eigenvalue weighted by Crippen LogP contribution is -2.28. The Kier molecular flexibility index (Phi) is 5.47. The highest BCUT2D eigenvalue weighted by atomic mass is 32.1. The molecule has 0 saturated carbocycles. The maximum Gasteiger partial charge on any atom is 0.262 e. The molecule has 0 bridgehead atoms. The number of aliphatic hydroxyl groups is 1. The lowest BCUT2D eigenvalue weighted by atomic mass is 10.1. The molecule has 29 heavy (non-hydrogen) atoms. The summed E-state index contributed by atoms with van der Waals surface area (Å²) in [7, 11) is 0. The van der Waals surface area contributed by atoms with Crippen LogP contribution in [0.3, 0.4) is 0 Å². The van der Waals surface area contributed by atoms with Crippen LogP contribution in [0, 0.1) is 12.7 Å². The lowest BCUT2D eigenvalue weighted by Gasteiger charge is -2.12. The lowest BCUT2D eigenvalue weighted by molar-refractivity contribution is 0.0920. The summed E-state index contributed by atoms with van der Waals surface area (Å²) in [6.07, 6.45) is 2.78. The van der Waals surface area contributed by atoms with Crippen LogP contribution in [0.1, 0.15) is 52.0 Å². The number of carbonyl (C=O) groups excluding carboxylic acids is 1. The number of aliphatic hydroxyl groups excluding tert-OH is 1. The second-order valence-electron chi connectivity index (χ2n) is 7.31. The third-order valence-electron chi connectivity index (χ3n) is 5.31. The Morgan fingerprint density at radius 1 is 1.38 bits per heavy atom. The van der Waals surface area contributed by atoms with Gasteiger partial charge in [0.25, 0.3) is 11.5 Å². The molecule has 0 fully saturated rings. The van der Waals surface area contributed by atoms with Crippen molar-refractivity contribution in [1.82, 2.24) is 14.9 Å². The van der Waals surface area contributed by atoms with Crippen molar-refractivity contribution in [2.45, 2.75) is 45.3 Å². The summed E-state index contributed by atoms with van der Waals surface area (Å²) in [5.74, 6) is -0.0326. The molecule has 2 aromatic heterocycles. The molecule has 4 rings (SSSR count). The van der Waals surface area contributed by atoms with E-state index in [1.807, 2.05) is 0 Å². The number of rotatable bonds is 4. The smallest absolute Gasteiger partial charge is 0.262 e. The van der Waals surface area contributed by atoms with E-state index in [9.17, 15) is 19.1 Å². The van der Waals surface area contributed by atoms with Gasteiger partial charge in [-0.3, -0.25) is 14.2 Å². The van der Waals surface area contributed by atoms with Crippen molar-refractivity contribution < 1.29 is 14.3 Å². The molecule has 0 saturated heterocycles. The number of aromatic nitrogens is 2. The molecule has 1 amide bonds. The van der Waals surface area contributed by atoms with E-state index in [-0.39, 0.29) is 18.0 Å². The molecule has 1 aliphatic heterocycles. The predicted octanol–water partition coefficient (Wildman–Crippen LogP) is 3.10. The summed E-state index contributed by atoms with van der Waals surface area (Å²) >= 11 is 1.20. The van der Waals surface area contributed by atoms with Crippen molar-refractivity contribution in [1.29, 1.82) is 0 Å². The van der Waals surface area contributed by atoms with Gasteiger partial charge in [-0.15, -0.1) is 11.3 Å². The molecule has 152 valence electrons. The molecule has 0 radical (unpaired) electrons. The van der Waals surface area contributed by atoms with Gasteiger partial charge < -0.3 is 10.4 Å². The first-order valence-electron chi connectivity index (χ1n) is 9.70. The van der Waals surface area contributed by atoms with Gasteiger partial charge >= 0.3 is 0 Å². The van der Waals surface area contributed by atoms with Crippen molar-refractivity contribution in [3.05, 3.63) is 62.3 Å². The van der Waals surface area contributed by atoms with E-state index < -0.39 is 11.9 Å². The van der Waals surface area contributed by atoms with Crippen molar-refractivity contribution >= 4 is 27.5 Å². The fourth-order valence-corrected chi connectivity index (χ4v) is 4.83. The Labute approximate surface area is 171 Å². The maximum atomic E-state index is 13.3. The zero-order chi connectivity index (χ0) is 20.5. The standard InChI is InChI=1S/C21H22FN3O3S/c1-12-17-20(24-16-8-3-2-4-9-25(16)21(17)28)29-18(12)19(27)23-11-15(26)13-6-5-7-14(22)10-13/h5-7,10,15,26H,2-4,8-9,11H2,1H3,(H,23,27). The molecular formula is C21H22FN3O3S. The number of halogens is 1. The van der Waals surface area contributed by atoms with E-state index in [1.54, 1.807) is 17.6 Å². The number of thiophene rings is 1. The van der Waals surface area contributed by atoms with Gasteiger partial charge in [0.1, 0.15) is 16.5 Å². The number of fused-ring (bicyclic) bond motifs is 2. The molecule has 1 aliphatic rings. The highest BCUT2D eigenvalue weighted by Gasteiger charge is 2.22. The predicted molar refractivity (Wildman–Crippen MR) is 110 cm³/mol. The largest absolute Gasteiger partial charge is 0.387 e. The number of aryl methyl sites for hydroxylation is 2. The topological polar surface area (TPSA) is 84.2 Å². The average molecular weight is 415 g/mol. The van der Waals surface area contributed by atoms with Gasteiger partial charge in [-0.2, -0.15) is 0 Å². The van der Waals surface area contributed by atoms with Crippen LogP contribution in [0.2, 0.25) is 0 Å². The van der Waals surface area contributed by atoms with Gasteiger partial charge in [0.15, 0.2) is 0 Å². The zero-order valence-corrected chi connectivity index (χ0v) is 16.9. The van der Waals surface area contributed by atoms with Gasteiger partial charge in [0.2, 0.25) is 0 Å². The van der Waals surface area contributed by atoms with Gasteiger partial charge in [-0.05, 0) is 43.0 Å². The third-order valence-corrected chi connectivity index (χ3v) is 6.49. The van der Waals surface area contributed by atoms with Crippen LogP contribution < -0.4 is 10.9 Å². The first-order valence-corrected chi connectivity index (χ1v) is 10.5. The van der Waals surface area contributed by atoms with E-state index in [0.29, 0.717) is 32.8 Å². The fourth-order valence-electron chi connectivity index (χ4n) is 3.73. The van der Waals surface area contributed by atoms with Crippen LogP contribution in [-0.4, -0.2) is 27.1 Å². The summed E-state index contributed by atoms with van der Waals surface area (Å²) in [6.45, 7) is 2.36. The monoisotopic (exact) mass is 415 g/mol. The third kappa shape index (κ3) is 3.82. The Morgan fingerprint density at radius 3 is 3.00 bits per heavy atom. The molecule has 3 heterocycles. The zero-order valence-electron chi connectivity index (χ0n) is 16.1. The number of hydrogen-bond acceptors (Lipinski definition) is 5. The second kappa shape index (κ2) is 8.04. The SMILES string of the molecule is Cc1c(C(=O)NCC(O)c2cccc(F)c2)sc2nc3n(c(=O)c12)CCCCC3. The molecule has 0 aliphatic carbocycles. The highest BCUT2D eigenvalue weighted by molar-refractivity contribution is 7.20. The first kappa shape index (κ1) is 19.7. The number of nitrogens with zero attached hydrogens (tertiary/aromatic N) is 2. The molecule has 3 aromatic rings. The molecule has 1 aromatic carbocycles. The fraction of sp³-hybridized carbons (Fsp3) is 0.381. The first-order chi connectivity index (χ1) is 14.0. The van der Waals surface area contributed by atoms with Gasteiger partial charge in [0, 0.05) is 19.5 Å².